The first-order valence-corrected chi connectivity index (χ1v) is 10.7. The van der Waals surface area contributed by atoms with Crippen molar-refractivity contribution in [1.82, 2.24) is 19.8 Å². The molecule has 3 aromatic rings. The van der Waals surface area contributed by atoms with E-state index < -0.39 is 0 Å². The lowest BCUT2D eigenvalue weighted by Gasteiger charge is -2.36. The Balaban J connectivity index is 1.23. The summed E-state index contributed by atoms with van der Waals surface area (Å²) in [7, 11) is 0. The van der Waals surface area contributed by atoms with Crippen LogP contribution in [0.5, 0.6) is 0 Å². The third-order valence-corrected chi connectivity index (χ3v) is 6.50. The first kappa shape index (κ1) is 18.4. The molecule has 2 bridgehead atoms. The van der Waals surface area contributed by atoms with Crippen molar-refractivity contribution in [2.75, 3.05) is 19.6 Å². The van der Waals surface area contributed by atoms with Crippen LogP contribution in [0, 0.1) is 5.92 Å². The second-order valence-electron chi connectivity index (χ2n) is 8.52. The molecule has 0 spiro atoms. The molecule has 3 saturated heterocycles. The number of hydrogen-bond donors (Lipinski definition) is 1. The Morgan fingerprint density at radius 1 is 1.07 bits per heavy atom. The summed E-state index contributed by atoms with van der Waals surface area (Å²) < 4.78 is 0. The van der Waals surface area contributed by atoms with Gasteiger partial charge in [0, 0.05) is 61.9 Å². The number of carbonyl (C=O) groups excluding carboxylic acids is 1. The van der Waals surface area contributed by atoms with Crippen LogP contribution < -0.4 is 0 Å². The van der Waals surface area contributed by atoms with E-state index in [2.05, 4.69) is 56.3 Å². The van der Waals surface area contributed by atoms with E-state index in [1.165, 1.54) is 17.4 Å². The van der Waals surface area contributed by atoms with Crippen molar-refractivity contribution >= 4 is 16.8 Å². The predicted octanol–water partition coefficient (Wildman–Crippen LogP) is 3.62. The van der Waals surface area contributed by atoms with Gasteiger partial charge in [0.1, 0.15) is 0 Å². The lowest BCUT2D eigenvalue weighted by atomic mass is 9.94. The number of pyridine rings is 1. The minimum Gasteiger partial charge on any atom is -0.361 e. The highest BCUT2D eigenvalue weighted by Crippen LogP contribution is 2.29. The van der Waals surface area contributed by atoms with Crippen LogP contribution in [0.2, 0.25) is 0 Å². The second kappa shape index (κ2) is 7.99. The number of aryl methyl sites for hydroxylation is 1. The maximum atomic E-state index is 13.1. The molecule has 1 amide bonds. The summed E-state index contributed by atoms with van der Waals surface area (Å²) in [6.07, 6.45) is 7.67. The van der Waals surface area contributed by atoms with Crippen LogP contribution >= 0.6 is 0 Å². The van der Waals surface area contributed by atoms with Gasteiger partial charge in [0.2, 0.25) is 5.91 Å². The van der Waals surface area contributed by atoms with Crippen LogP contribution in [0.4, 0.5) is 0 Å². The molecule has 6 rings (SSSR count). The van der Waals surface area contributed by atoms with Gasteiger partial charge in [-0.05, 0) is 48.9 Å². The van der Waals surface area contributed by atoms with Crippen LogP contribution in [0.15, 0.2) is 54.9 Å². The molecule has 3 fully saturated rings. The third kappa shape index (κ3) is 3.92. The summed E-state index contributed by atoms with van der Waals surface area (Å²) in [5.41, 5.74) is 3.51. The Bertz CT molecular complexity index is 983. The Morgan fingerprint density at radius 2 is 1.97 bits per heavy atom. The van der Waals surface area contributed by atoms with Gasteiger partial charge in [-0.2, -0.15) is 0 Å². The molecular formula is C24H28N4O. The minimum atomic E-state index is 0.310. The third-order valence-electron chi connectivity index (χ3n) is 6.50. The Kier molecular flexibility index (Phi) is 5.06. The number of rotatable bonds is 5. The van der Waals surface area contributed by atoms with Crippen molar-refractivity contribution in [3.8, 4) is 0 Å². The number of amides is 1. The largest absolute Gasteiger partial charge is 0.361 e. The average Bonchev–Trinajstić information content (AvgIpc) is 2.96. The maximum absolute atomic E-state index is 13.1. The Morgan fingerprint density at radius 3 is 2.86 bits per heavy atom. The zero-order valence-electron chi connectivity index (χ0n) is 16.8. The fourth-order valence-electron chi connectivity index (χ4n) is 5.06. The molecule has 1 aromatic carbocycles. The van der Waals surface area contributed by atoms with E-state index in [1.54, 1.807) is 0 Å². The van der Waals surface area contributed by atoms with Crippen LogP contribution in [0.1, 0.15) is 30.5 Å². The SMILES string of the molecule is O=C(CCc1c[nH]c2ccccc12)N1C[C@H]2CC[C@@H]1CN(Cc1ccccn1)C2. The van der Waals surface area contributed by atoms with Gasteiger partial charge >= 0.3 is 0 Å². The molecule has 2 aromatic heterocycles. The number of carbonyl (C=O) groups is 1. The minimum absolute atomic E-state index is 0.310. The molecule has 1 N–H and O–H groups in total. The molecule has 150 valence electrons. The summed E-state index contributed by atoms with van der Waals surface area (Å²) >= 11 is 0. The van der Waals surface area contributed by atoms with Crippen LogP contribution in [-0.4, -0.2) is 51.4 Å². The van der Waals surface area contributed by atoms with Gasteiger partial charge in [-0.15, -0.1) is 0 Å². The predicted molar refractivity (Wildman–Crippen MR) is 114 cm³/mol. The number of aromatic nitrogens is 2. The zero-order chi connectivity index (χ0) is 19.6. The van der Waals surface area contributed by atoms with E-state index in [4.69, 9.17) is 0 Å². The standard InChI is InChI=1S/C24H28N4O/c29-24(11-9-19-13-26-23-7-2-1-6-22(19)23)28-15-18-8-10-21(28)17-27(14-18)16-20-5-3-4-12-25-20/h1-7,12-13,18,21,26H,8-11,14-17H2/t18-,21+/m0/s1. The molecule has 5 heterocycles. The number of aromatic amines is 1. The molecule has 5 heteroatoms. The van der Waals surface area contributed by atoms with Crippen LogP contribution in [-0.2, 0) is 17.8 Å². The topological polar surface area (TPSA) is 52.2 Å². The number of nitrogens with one attached hydrogen (secondary N) is 1. The smallest absolute Gasteiger partial charge is 0.223 e. The summed E-state index contributed by atoms with van der Waals surface area (Å²) in [5, 5.41) is 1.24. The first-order chi connectivity index (χ1) is 14.3. The molecule has 0 saturated carbocycles. The quantitative estimate of drug-likeness (QED) is 0.726. The van der Waals surface area contributed by atoms with Gasteiger partial charge in [-0.25, -0.2) is 0 Å². The number of para-hydroxylation sites is 1. The molecule has 0 aliphatic carbocycles. The van der Waals surface area contributed by atoms with Crippen molar-refractivity contribution in [2.24, 2.45) is 5.92 Å². The summed E-state index contributed by atoms with van der Waals surface area (Å²) in [5.74, 6) is 0.888. The van der Waals surface area contributed by atoms with Gasteiger partial charge < -0.3 is 9.88 Å². The van der Waals surface area contributed by atoms with E-state index in [0.29, 0.717) is 24.3 Å². The average molecular weight is 389 g/mol. The highest BCUT2D eigenvalue weighted by Gasteiger charge is 2.36. The summed E-state index contributed by atoms with van der Waals surface area (Å²) in [6.45, 7) is 3.83. The van der Waals surface area contributed by atoms with Crippen molar-refractivity contribution in [3.63, 3.8) is 0 Å². The maximum Gasteiger partial charge on any atom is 0.223 e. The molecule has 5 nitrogen and oxygen atoms in total. The Hall–Kier alpha value is -2.66. The first-order valence-electron chi connectivity index (χ1n) is 10.7. The van der Waals surface area contributed by atoms with E-state index in [-0.39, 0.29) is 0 Å². The molecule has 3 aliphatic rings. The van der Waals surface area contributed by atoms with Crippen molar-refractivity contribution in [1.29, 1.82) is 0 Å². The normalized spacial score (nSPS) is 22.1. The van der Waals surface area contributed by atoms with Gasteiger partial charge in [-0.3, -0.25) is 14.7 Å². The van der Waals surface area contributed by atoms with Crippen molar-refractivity contribution in [2.45, 2.75) is 38.3 Å². The lowest BCUT2D eigenvalue weighted by Crippen LogP contribution is -2.47. The number of benzene rings is 1. The molecule has 2 atom stereocenters. The van der Waals surface area contributed by atoms with Crippen LogP contribution in [0.3, 0.4) is 0 Å². The van der Waals surface area contributed by atoms with E-state index in [0.717, 1.165) is 50.2 Å². The van der Waals surface area contributed by atoms with E-state index in [9.17, 15) is 4.79 Å². The van der Waals surface area contributed by atoms with Gasteiger partial charge in [0.15, 0.2) is 0 Å². The molecular weight excluding hydrogens is 360 g/mol. The van der Waals surface area contributed by atoms with Gasteiger partial charge in [0.05, 0.1) is 5.69 Å². The summed E-state index contributed by atoms with van der Waals surface area (Å²) in [6, 6.07) is 14.8. The zero-order valence-corrected chi connectivity index (χ0v) is 16.8. The lowest BCUT2D eigenvalue weighted by molar-refractivity contribution is -0.135. The van der Waals surface area contributed by atoms with Gasteiger partial charge in [0.25, 0.3) is 0 Å². The van der Waals surface area contributed by atoms with Gasteiger partial charge in [-0.1, -0.05) is 24.3 Å². The fourth-order valence-corrected chi connectivity index (χ4v) is 5.06. The van der Waals surface area contributed by atoms with Crippen molar-refractivity contribution in [3.05, 3.63) is 66.1 Å². The number of fused-ring (bicyclic) bond motifs is 5. The number of H-pyrrole nitrogens is 1. The van der Waals surface area contributed by atoms with Crippen molar-refractivity contribution < 1.29 is 4.79 Å². The molecule has 29 heavy (non-hydrogen) atoms. The Labute approximate surface area is 171 Å². The molecule has 3 aliphatic heterocycles. The van der Waals surface area contributed by atoms with E-state index >= 15 is 0 Å². The number of nitrogens with zero attached hydrogens (tertiary/aromatic N) is 3. The monoisotopic (exact) mass is 388 g/mol. The molecule has 0 radical (unpaired) electrons. The fraction of sp³-hybridized carbons (Fsp3) is 0.417. The summed E-state index contributed by atoms with van der Waals surface area (Å²) in [4.78, 5) is 25.6. The number of hydrogen-bond acceptors (Lipinski definition) is 3. The highest BCUT2D eigenvalue weighted by atomic mass is 16.2. The van der Waals surface area contributed by atoms with Crippen LogP contribution in [0.25, 0.3) is 10.9 Å². The molecule has 0 unspecified atom stereocenters. The number of piperidine rings is 1. The second-order valence-corrected chi connectivity index (χ2v) is 8.52. The van der Waals surface area contributed by atoms with E-state index in [1.807, 2.05) is 18.3 Å². The highest BCUT2D eigenvalue weighted by molar-refractivity contribution is 5.84.